The average molecular weight is 269 g/mol. The highest BCUT2D eigenvalue weighted by Gasteiger charge is 2.09. The molecule has 0 fully saturated rings. The quantitative estimate of drug-likeness (QED) is 0.808. The van der Waals surface area contributed by atoms with Crippen LogP contribution in [0, 0.1) is 18.6 Å². The van der Waals surface area contributed by atoms with Crippen LogP contribution in [0.15, 0.2) is 16.7 Å². The van der Waals surface area contributed by atoms with E-state index in [9.17, 15) is 8.78 Å². The Morgan fingerprint density at radius 1 is 1.32 bits per heavy atom. The first-order valence-electron chi connectivity index (χ1n) is 5.73. The van der Waals surface area contributed by atoms with Crippen LogP contribution in [0.5, 0.6) is 5.75 Å². The molecule has 5 nitrogen and oxygen atoms in total. The highest BCUT2D eigenvalue weighted by molar-refractivity contribution is 5.29. The zero-order valence-electron chi connectivity index (χ0n) is 10.3. The Bertz CT molecular complexity index is 549. The van der Waals surface area contributed by atoms with Gasteiger partial charge in [0.2, 0.25) is 5.89 Å². The maximum absolute atomic E-state index is 13.1. The molecule has 7 heteroatoms. The van der Waals surface area contributed by atoms with Gasteiger partial charge in [0.15, 0.2) is 23.2 Å². The molecule has 0 saturated carbocycles. The molecule has 2 aromatic rings. The Morgan fingerprint density at radius 2 is 2.00 bits per heavy atom. The molecule has 0 radical (unpaired) electrons. The van der Waals surface area contributed by atoms with Crippen molar-refractivity contribution in [1.82, 2.24) is 15.5 Å². The molecule has 102 valence electrons. The minimum atomic E-state index is -0.968. The normalized spacial score (nSPS) is 10.9. The van der Waals surface area contributed by atoms with Gasteiger partial charge in [0.25, 0.3) is 0 Å². The summed E-state index contributed by atoms with van der Waals surface area (Å²) in [4.78, 5) is 4.02. The second-order valence-corrected chi connectivity index (χ2v) is 4.07. The molecule has 19 heavy (non-hydrogen) atoms. The number of aryl methyl sites for hydroxylation is 1. The topological polar surface area (TPSA) is 71.2 Å². The third-order valence-corrected chi connectivity index (χ3v) is 2.49. The second-order valence-electron chi connectivity index (χ2n) is 4.07. The van der Waals surface area contributed by atoms with E-state index >= 15 is 0 Å². The van der Waals surface area contributed by atoms with Gasteiger partial charge in [-0.1, -0.05) is 5.16 Å². The molecule has 0 aliphatic heterocycles. The van der Waals surface area contributed by atoms with Crippen LogP contribution in [0.3, 0.4) is 0 Å². The average Bonchev–Trinajstić information content (AvgIpc) is 2.77. The van der Waals surface area contributed by atoms with Crippen molar-refractivity contribution in [1.29, 1.82) is 0 Å². The van der Waals surface area contributed by atoms with Crippen LogP contribution in [0.2, 0.25) is 0 Å². The summed E-state index contributed by atoms with van der Waals surface area (Å²) in [5, 5.41) is 15.6. The third-order valence-electron chi connectivity index (χ3n) is 2.49. The number of rotatable bonds is 5. The first kappa shape index (κ1) is 13.4. The summed E-state index contributed by atoms with van der Waals surface area (Å²) in [6.07, 6.45) is 0.532. The van der Waals surface area contributed by atoms with E-state index in [0.29, 0.717) is 30.2 Å². The van der Waals surface area contributed by atoms with Crippen molar-refractivity contribution >= 4 is 0 Å². The lowest BCUT2D eigenvalue weighted by molar-refractivity contribution is 0.372. The molecule has 0 unspecified atom stereocenters. The molecular weight excluding hydrogens is 256 g/mol. The number of benzene rings is 1. The summed E-state index contributed by atoms with van der Waals surface area (Å²) in [5.74, 6) is -1.82. The smallest absolute Gasteiger partial charge is 0.227 e. The predicted molar refractivity (Wildman–Crippen MR) is 62.5 cm³/mol. The summed E-state index contributed by atoms with van der Waals surface area (Å²) in [5.41, 5.74) is 0.412. The maximum Gasteiger partial charge on any atom is 0.227 e. The first-order valence-corrected chi connectivity index (χ1v) is 5.73. The predicted octanol–water partition coefficient (Wildman–Crippen LogP) is 1.69. The molecule has 2 N–H and O–H groups in total. The van der Waals surface area contributed by atoms with Gasteiger partial charge in [-0.2, -0.15) is 4.98 Å². The molecule has 0 aliphatic carbocycles. The van der Waals surface area contributed by atoms with Gasteiger partial charge < -0.3 is 14.9 Å². The number of aromatic hydroxyl groups is 1. The van der Waals surface area contributed by atoms with Gasteiger partial charge >= 0.3 is 0 Å². The van der Waals surface area contributed by atoms with E-state index in [0.717, 1.165) is 12.1 Å². The van der Waals surface area contributed by atoms with Gasteiger partial charge in [-0.05, 0) is 24.6 Å². The van der Waals surface area contributed by atoms with Crippen LogP contribution in [-0.2, 0) is 13.0 Å². The summed E-state index contributed by atoms with van der Waals surface area (Å²) in [6, 6.07) is 2.17. The highest BCUT2D eigenvalue weighted by Crippen LogP contribution is 2.21. The number of hydrogen-bond acceptors (Lipinski definition) is 5. The van der Waals surface area contributed by atoms with Crippen molar-refractivity contribution in [2.45, 2.75) is 19.9 Å². The molecule has 1 aromatic heterocycles. The van der Waals surface area contributed by atoms with Gasteiger partial charge in [-0.3, -0.25) is 0 Å². The molecule has 0 amide bonds. The molecule has 2 rings (SSSR count). The fraction of sp³-hybridized carbons (Fsp3) is 0.333. The Hall–Kier alpha value is -2.02. The summed E-state index contributed by atoms with van der Waals surface area (Å²) in [7, 11) is 0. The lowest BCUT2D eigenvalue weighted by Gasteiger charge is -2.05. The fourth-order valence-corrected chi connectivity index (χ4v) is 1.59. The van der Waals surface area contributed by atoms with Gasteiger partial charge in [0.1, 0.15) is 0 Å². The first-order chi connectivity index (χ1) is 9.06. The van der Waals surface area contributed by atoms with Crippen LogP contribution >= 0.6 is 0 Å². The molecule has 0 saturated heterocycles. The SMILES string of the molecule is Cc1noc(CCNCc2cc(F)c(O)c(F)c2)n1. The summed E-state index contributed by atoms with van der Waals surface area (Å²) < 4.78 is 31.0. The number of hydrogen-bond donors (Lipinski definition) is 2. The number of halogens is 2. The van der Waals surface area contributed by atoms with Crippen LogP contribution in [0.25, 0.3) is 0 Å². The Morgan fingerprint density at radius 3 is 2.58 bits per heavy atom. The van der Waals surface area contributed by atoms with Gasteiger partial charge in [-0.15, -0.1) is 0 Å². The van der Waals surface area contributed by atoms with Crippen molar-refractivity contribution in [2.75, 3.05) is 6.54 Å². The van der Waals surface area contributed by atoms with Gasteiger partial charge in [0.05, 0.1) is 0 Å². The third kappa shape index (κ3) is 3.47. The molecule has 0 aliphatic rings. The summed E-state index contributed by atoms with van der Waals surface area (Å²) in [6.45, 7) is 2.54. The van der Waals surface area contributed by atoms with Crippen molar-refractivity contribution in [3.63, 3.8) is 0 Å². The molecule has 1 heterocycles. The number of phenols is 1. The Labute approximate surface area is 108 Å². The minimum Gasteiger partial charge on any atom is -0.503 e. The van der Waals surface area contributed by atoms with Crippen LogP contribution < -0.4 is 5.32 Å². The lowest BCUT2D eigenvalue weighted by Crippen LogP contribution is -2.17. The van der Waals surface area contributed by atoms with E-state index < -0.39 is 17.4 Å². The van der Waals surface area contributed by atoms with Crippen LogP contribution in [0.1, 0.15) is 17.3 Å². The highest BCUT2D eigenvalue weighted by atomic mass is 19.1. The standard InChI is InChI=1S/C12H13F2N3O2/c1-7-16-11(19-17-7)2-3-15-6-8-4-9(13)12(18)10(14)5-8/h4-5,15,18H,2-3,6H2,1H3. The van der Waals surface area contributed by atoms with E-state index in [1.165, 1.54) is 0 Å². The van der Waals surface area contributed by atoms with Crippen LogP contribution in [0.4, 0.5) is 8.78 Å². The number of phenolic OH excluding ortho intramolecular Hbond substituents is 1. The molecular formula is C12H13F2N3O2. The lowest BCUT2D eigenvalue weighted by atomic mass is 10.2. The molecule has 0 bridgehead atoms. The van der Waals surface area contributed by atoms with Crippen molar-refractivity contribution < 1.29 is 18.4 Å². The molecule has 0 spiro atoms. The zero-order valence-corrected chi connectivity index (χ0v) is 10.3. The Balaban J connectivity index is 1.83. The van der Waals surface area contributed by atoms with E-state index in [4.69, 9.17) is 9.63 Å². The van der Waals surface area contributed by atoms with Crippen LogP contribution in [-0.4, -0.2) is 21.8 Å². The van der Waals surface area contributed by atoms with E-state index in [2.05, 4.69) is 15.5 Å². The number of nitrogens with one attached hydrogen (secondary N) is 1. The molecule has 1 aromatic carbocycles. The molecule has 0 atom stereocenters. The van der Waals surface area contributed by atoms with Crippen molar-refractivity contribution in [3.8, 4) is 5.75 Å². The van der Waals surface area contributed by atoms with Gasteiger partial charge in [0, 0.05) is 19.5 Å². The maximum atomic E-state index is 13.1. The van der Waals surface area contributed by atoms with E-state index in [-0.39, 0.29) is 6.54 Å². The zero-order chi connectivity index (χ0) is 13.8. The van der Waals surface area contributed by atoms with E-state index in [1.807, 2.05) is 0 Å². The van der Waals surface area contributed by atoms with Gasteiger partial charge in [-0.25, -0.2) is 8.78 Å². The van der Waals surface area contributed by atoms with Crippen molar-refractivity contribution in [2.24, 2.45) is 0 Å². The second kappa shape index (κ2) is 5.75. The monoisotopic (exact) mass is 269 g/mol. The largest absolute Gasteiger partial charge is 0.503 e. The summed E-state index contributed by atoms with van der Waals surface area (Å²) >= 11 is 0. The number of nitrogens with zero attached hydrogens (tertiary/aromatic N) is 2. The minimum absolute atomic E-state index is 0.279. The number of aromatic nitrogens is 2. The van der Waals surface area contributed by atoms with Crippen molar-refractivity contribution in [3.05, 3.63) is 41.0 Å². The Kier molecular flexibility index (Phi) is 4.06. The van der Waals surface area contributed by atoms with E-state index in [1.54, 1.807) is 6.92 Å². The fourth-order valence-electron chi connectivity index (χ4n) is 1.59.